The molecular formula is C13H23N3O2S. The monoisotopic (exact) mass is 285 g/mol. The molecule has 6 heteroatoms. The average Bonchev–Trinajstić information content (AvgIpc) is 2.77. The van der Waals surface area contributed by atoms with Crippen LogP contribution in [0.15, 0.2) is 5.03 Å². The van der Waals surface area contributed by atoms with Gasteiger partial charge in [0, 0.05) is 19.0 Å². The summed E-state index contributed by atoms with van der Waals surface area (Å²) in [4.78, 5) is 4.40. The van der Waals surface area contributed by atoms with E-state index < -0.39 is 10.0 Å². The predicted octanol–water partition coefficient (Wildman–Crippen LogP) is 2.03. The van der Waals surface area contributed by atoms with Crippen molar-refractivity contribution in [2.75, 3.05) is 6.54 Å². The molecular weight excluding hydrogens is 262 g/mol. The second-order valence-corrected chi connectivity index (χ2v) is 6.82. The molecule has 19 heavy (non-hydrogen) atoms. The second kappa shape index (κ2) is 5.63. The van der Waals surface area contributed by atoms with E-state index in [0.717, 1.165) is 43.6 Å². The molecule has 0 fully saturated rings. The predicted molar refractivity (Wildman–Crippen MR) is 74.7 cm³/mol. The van der Waals surface area contributed by atoms with Gasteiger partial charge in [0.15, 0.2) is 5.03 Å². The quantitative estimate of drug-likeness (QED) is 0.900. The van der Waals surface area contributed by atoms with Gasteiger partial charge in [-0.15, -0.1) is 0 Å². The highest BCUT2D eigenvalue weighted by atomic mass is 32.2. The van der Waals surface area contributed by atoms with Crippen LogP contribution in [-0.4, -0.2) is 24.5 Å². The number of sulfonamides is 1. The number of aryl methyl sites for hydroxylation is 1. The molecule has 1 atom stereocenters. The lowest BCUT2D eigenvalue weighted by Crippen LogP contribution is -2.26. The number of hydrogen-bond acceptors (Lipinski definition) is 3. The summed E-state index contributed by atoms with van der Waals surface area (Å²) in [6.45, 7) is 6.57. The average molecular weight is 285 g/mol. The Bertz CT molecular complexity index is 548. The molecule has 1 aromatic heterocycles. The molecule has 0 bridgehead atoms. The largest absolute Gasteiger partial charge is 0.328 e. The van der Waals surface area contributed by atoms with Crippen LogP contribution in [0.4, 0.5) is 0 Å². The smallest absolute Gasteiger partial charge is 0.259 e. The molecule has 1 N–H and O–H groups in total. The molecule has 1 aromatic rings. The summed E-state index contributed by atoms with van der Waals surface area (Å²) in [5.41, 5.74) is 0.888. The molecule has 0 aromatic carbocycles. The van der Waals surface area contributed by atoms with Crippen LogP contribution in [-0.2, 0) is 22.9 Å². The van der Waals surface area contributed by atoms with Crippen LogP contribution in [0, 0.1) is 0 Å². The number of rotatable bonds is 5. The van der Waals surface area contributed by atoms with Crippen molar-refractivity contribution in [1.29, 1.82) is 0 Å². The number of nitrogens with one attached hydrogen (secondary N) is 1. The fourth-order valence-electron chi connectivity index (χ4n) is 2.71. The highest BCUT2D eigenvalue weighted by Crippen LogP contribution is 2.30. The summed E-state index contributed by atoms with van der Waals surface area (Å²) in [6.07, 6.45) is 4.48. The first-order valence-electron chi connectivity index (χ1n) is 7.10. The van der Waals surface area contributed by atoms with Crippen molar-refractivity contribution in [3.05, 3.63) is 11.5 Å². The SMILES string of the molecule is CCCNS(=O)(=O)c1nc(CC)n2c1CCCC2C. The van der Waals surface area contributed by atoms with Crippen molar-refractivity contribution >= 4 is 10.0 Å². The van der Waals surface area contributed by atoms with Gasteiger partial charge < -0.3 is 4.57 Å². The van der Waals surface area contributed by atoms with Crippen molar-refractivity contribution in [1.82, 2.24) is 14.3 Å². The van der Waals surface area contributed by atoms with E-state index in [-0.39, 0.29) is 5.03 Å². The van der Waals surface area contributed by atoms with E-state index in [4.69, 9.17) is 0 Å². The molecule has 0 spiro atoms. The van der Waals surface area contributed by atoms with Crippen molar-refractivity contribution in [2.24, 2.45) is 0 Å². The van der Waals surface area contributed by atoms with Crippen LogP contribution < -0.4 is 4.72 Å². The van der Waals surface area contributed by atoms with Crippen LogP contribution in [0.2, 0.25) is 0 Å². The maximum atomic E-state index is 12.3. The lowest BCUT2D eigenvalue weighted by Gasteiger charge is -2.24. The zero-order chi connectivity index (χ0) is 14.0. The van der Waals surface area contributed by atoms with Crippen LogP contribution >= 0.6 is 0 Å². The Morgan fingerprint density at radius 1 is 1.42 bits per heavy atom. The zero-order valence-electron chi connectivity index (χ0n) is 11.9. The number of aromatic nitrogens is 2. The van der Waals surface area contributed by atoms with E-state index in [0.29, 0.717) is 12.6 Å². The van der Waals surface area contributed by atoms with Crippen LogP contribution in [0.1, 0.15) is 57.6 Å². The summed E-state index contributed by atoms with van der Waals surface area (Å²) in [6, 6.07) is 0.348. The third-order valence-electron chi connectivity index (χ3n) is 3.64. The van der Waals surface area contributed by atoms with Crippen molar-refractivity contribution in [3.63, 3.8) is 0 Å². The van der Waals surface area contributed by atoms with Gasteiger partial charge >= 0.3 is 0 Å². The Morgan fingerprint density at radius 2 is 2.16 bits per heavy atom. The molecule has 0 radical (unpaired) electrons. The molecule has 0 saturated heterocycles. The van der Waals surface area contributed by atoms with Gasteiger partial charge in [-0.2, -0.15) is 0 Å². The second-order valence-electron chi connectivity index (χ2n) is 5.14. The van der Waals surface area contributed by atoms with E-state index >= 15 is 0 Å². The highest BCUT2D eigenvalue weighted by molar-refractivity contribution is 7.89. The minimum absolute atomic E-state index is 0.254. The first-order chi connectivity index (χ1) is 9.01. The summed E-state index contributed by atoms with van der Waals surface area (Å²) < 4.78 is 29.4. The fraction of sp³-hybridized carbons (Fsp3) is 0.769. The Morgan fingerprint density at radius 3 is 2.79 bits per heavy atom. The van der Waals surface area contributed by atoms with Gasteiger partial charge in [0.05, 0.1) is 5.69 Å². The van der Waals surface area contributed by atoms with Gasteiger partial charge in [-0.05, 0) is 32.6 Å². The molecule has 1 aliphatic heterocycles. The zero-order valence-corrected chi connectivity index (χ0v) is 12.8. The minimum atomic E-state index is -3.46. The number of imidazole rings is 1. The van der Waals surface area contributed by atoms with E-state index in [2.05, 4.69) is 21.2 Å². The van der Waals surface area contributed by atoms with Gasteiger partial charge in [-0.3, -0.25) is 0 Å². The van der Waals surface area contributed by atoms with Crippen molar-refractivity contribution in [2.45, 2.75) is 63.9 Å². The van der Waals surface area contributed by atoms with E-state index in [1.54, 1.807) is 0 Å². The Kier molecular flexibility index (Phi) is 4.30. The maximum absolute atomic E-state index is 12.3. The van der Waals surface area contributed by atoms with Gasteiger partial charge in [0.2, 0.25) is 0 Å². The standard InChI is InChI=1S/C13H23N3O2S/c1-4-9-14-19(17,18)13-11-8-6-7-10(3)16(11)12(5-2)15-13/h10,14H,4-9H2,1-3H3. The van der Waals surface area contributed by atoms with Crippen molar-refractivity contribution < 1.29 is 8.42 Å². The summed E-state index contributed by atoms with van der Waals surface area (Å²) in [5.74, 6) is 0.888. The van der Waals surface area contributed by atoms with Crippen LogP contribution in [0.25, 0.3) is 0 Å². The Balaban J connectivity index is 2.47. The molecule has 2 rings (SSSR count). The lowest BCUT2D eigenvalue weighted by atomic mass is 10.0. The molecule has 1 aliphatic rings. The minimum Gasteiger partial charge on any atom is -0.328 e. The summed E-state index contributed by atoms with van der Waals surface area (Å²) >= 11 is 0. The van der Waals surface area contributed by atoms with Gasteiger partial charge in [0.25, 0.3) is 10.0 Å². The Hall–Kier alpha value is -0.880. The number of fused-ring (bicyclic) bond motifs is 1. The molecule has 1 unspecified atom stereocenters. The molecule has 0 aliphatic carbocycles. The Labute approximate surface area is 115 Å². The maximum Gasteiger partial charge on any atom is 0.259 e. The van der Waals surface area contributed by atoms with Gasteiger partial charge in [0.1, 0.15) is 5.82 Å². The van der Waals surface area contributed by atoms with E-state index in [1.807, 2.05) is 13.8 Å². The van der Waals surface area contributed by atoms with Gasteiger partial charge in [-0.25, -0.2) is 18.1 Å². The molecule has 0 saturated carbocycles. The summed E-state index contributed by atoms with van der Waals surface area (Å²) in [5, 5.41) is 0.254. The summed E-state index contributed by atoms with van der Waals surface area (Å²) in [7, 11) is -3.46. The third-order valence-corrected chi connectivity index (χ3v) is 5.06. The topological polar surface area (TPSA) is 64.0 Å². The fourth-order valence-corrected chi connectivity index (χ4v) is 4.05. The van der Waals surface area contributed by atoms with Crippen LogP contribution in [0.3, 0.4) is 0 Å². The molecule has 0 amide bonds. The molecule has 108 valence electrons. The van der Waals surface area contributed by atoms with E-state index in [1.165, 1.54) is 0 Å². The normalized spacial score (nSPS) is 19.4. The highest BCUT2D eigenvalue weighted by Gasteiger charge is 2.29. The third kappa shape index (κ3) is 2.69. The van der Waals surface area contributed by atoms with E-state index in [9.17, 15) is 8.42 Å². The molecule has 5 nitrogen and oxygen atoms in total. The van der Waals surface area contributed by atoms with Crippen molar-refractivity contribution in [3.8, 4) is 0 Å². The number of nitrogens with zero attached hydrogens (tertiary/aromatic N) is 2. The van der Waals surface area contributed by atoms with Gasteiger partial charge in [-0.1, -0.05) is 13.8 Å². The lowest BCUT2D eigenvalue weighted by molar-refractivity contribution is 0.416. The first-order valence-corrected chi connectivity index (χ1v) is 8.59. The first kappa shape index (κ1) is 14.5. The van der Waals surface area contributed by atoms with Crippen LogP contribution in [0.5, 0.6) is 0 Å². The number of hydrogen-bond donors (Lipinski definition) is 1. The molecule has 2 heterocycles.